The fourth-order valence-corrected chi connectivity index (χ4v) is 3.40. The van der Waals surface area contributed by atoms with Crippen LogP contribution in [0.5, 0.6) is 0 Å². The molecule has 23 heavy (non-hydrogen) atoms. The minimum atomic E-state index is -0.892. The van der Waals surface area contributed by atoms with Crippen LogP contribution in [-0.4, -0.2) is 36.7 Å². The normalized spacial score (nSPS) is 14.8. The molecule has 1 aliphatic rings. The average Bonchev–Trinajstić information content (AvgIpc) is 2.96. The number of aliphatic hydroxyl groups excluding tert-OH is 1. The summed E-state index contributed by atoms with van der Waals surface area (Å²) in [7, 11) is 0.801. The molecule has 0 aromatic heterocycles. The van der Waals surface area contributed by atoms with Crippen LogP contribution >= 0.6 is 11.8 Å². The zero-order valence-corrected chi connectivity index (χ0v) is 13.8. The quantitative estimate of drug-likeness (QED) is 0.480. The van der Waals surface area contributed by atoms with Crippen molar-refractivity contribution in [2.45, 2.75) is 17.6 Å². The summed E-state index contributed by atoms with van der Waals surface area (Å²) < 4.78 is 10.2. The predicted molar refractivity (Wildman–Crippen MR) is 91.9 cm³/mol. The molecule has 120 valence electrons. The van der Waals surface area contributed by atoms with Crippen molar-refractivity contribution < 1.29 is 19.5 Å². The Kier molecular flexibility index (Phi) is 5.40. The van der Waals surface area contributed by atoms with Crippen molar-refractivity contribution in [1.82, 2.24) is 0 Å². The minimum Gasteiger partial charge on any atom is -0.423 e. The number of benzene rings is 2. The highest BCUT2D eigenvalue weighted by Crippen LogP contribution is 2.26. The summed E-state index contributed by atoms with van der Waals surface area (Å²) in [5.41, 5.74) is 3.30. The van der Waals surface area contributed by atoms with Gasteiger partial charge in [-0.25, -0.2) is 0 Å². The number of rotatable bonds is 6. The van der Waals surface area contributed by atoms with Crippen molar-refractivity contribution in [3.8, 4) is 0 Å². The fraction of sp³-hybridized carbons (Fsp3) is 0.294. The van der Waals surface area contributed by atoms with Crippen LogP contribution < -0.4 is 5.46 Å². The lowest BCUT2D eigenvalue weighted by molar-refractivity contribution is 0.218. The molecule has 0 fully saturated rings. The number of methoxy groups -OCH3 is 1. The maximum absolute atomic E-state index is 10.6. The molecule has 1 atom stereocenters. The first-order valence-corrected chi connectivity index (χ1v) is 8.50. The lowest BCUT2D eigenvalue weighted by Gasteiger charge is -2.13. The van der Waals surface area contributed by atoms with Gasteiger partial charge in [0.25, 0.3) is 0 Å². The Hall–Kier alpha value is -1.31. The van der Waals surface area contributed by atoms with E-state index in [0.717, 1.165) is 32.8 Å². The number of hydrogen-bond acceptors (Lipinski definition) is 5. The van der Waals surface area contributed by atoms with Gasteiger partial charge in [0.05, 0.1) is 13.2 Å². The maximum Gasteiger partial charge on any atom is 0.491 e. The van der Waals surface area contributed by atoms with Crippen molar-refractivity contribution in [1.29, 1.82) is 0 Å². The third-order valence-electron chi connectivity index (χ3n) is 3.90. The maximum atomic E-state index is 10.6. The first-order valence-electron chi connectivity index (χ1n) is 7.51. The SMILES string of the molecule is COCCSc1ccc(C(O)c2ccc3c(c2)B(O)OC3)cc1. The Morgan fingerprint density at radius 1 is 1.22 bits per heavy atom. The Labute approximate surface area is 140 Å². The summed E-state index contributed by atoms with van der Waals surface area (Å²) in [5.74, 6) is 0.904. The summed E-state index contributed by atoms with van der Waals surface area (Å²) in [6.45, 7) is 1.13. The van der Waals surface area contributed by atoms with E-state index in [4.69, 9.17) is 9.39 Å². The molecule has 6 heteroatoms. The molecule has 0 spiro atoms. The first-order chi connectivity index (χ1) is 11.2. The third kappa shape index (κ3) is 3.79. The summed E-state index contributed by atoms with van der Waals surface area (Å²) in [4.78, 5) is 1.15. The zero-order valence-electron chi connectivity index (χ0n) is 12.9. The van der Waals surface area contributed by atoms with Gasteiger partial charge in [-0.2, -0.15) is 0 Å². The molecule has 2 aromatic rings. The summed E-state index contributed by atoms with van der Waals surface area (Å²) >= 11 is 1.72. The molecule has 1 heterocycles. The van der Waals surface area contributed by atoms with Gasteiger partial charge in [0.15, 0.2) is 0 Å². The van der Waals surface area contributed by atoms with E-state index < -0.39 is 13.2 Å². The van der Waals surface area contributed by atoms with Gasteiger partial charge in [-0.1, -0.05) is 30.3 Å². The van der Waals surface area contributed by atoms with Crippen molar-refractivity contribution in [3.05, 3.63) is 59.2 Å². The van der Waals surface area contributed by atoms with Gasteiger partial charge >= 0.3 is 7.12 Å². The lowest BCUT2D eigenvalue weighted by Crippen LogP contribution is -2.28. The third-order valence-corrected chi connectivity index (χ3v) is 4.88. The molecule has 0 saturated heterocycles. The molecule has 0 amide bonds. The molecule has 1 aliphatic heterocycles. The van der Waals surface area contributed by atoms with Crippen LogP contribution in [0.1, 0.15) is 22.8 Å². The van der Waals surface area contributed by atoms with Gasteiger partial charge in [0, 0.05) is 17.8 Å². The van der Waals surface area contributed by atoms with Crippen LogP contribution in [0.2, 0.25) is 0 Å². The number of thioether (sulfide) groups is 1. The monoisotopic (exact) mass is 330 g/mol. The standard InChI is InChI=1S/C17H19BO4S/c1-21-8-9-23-15-6-4-12(5-7-15)17(19)13-2-3-14-11-22-18(20)16(14)10-13/h2-7,10,17,19-20H,8-9,11H2,1H3. The van der Waals surface area contributed by atoms with Crippen LogP contribution in [0.4, 0.5) is 0 Å². The first kappa shape index (κ1) is 16.5. The van der Waals surface area contributed by atoms with E-state index in [-0.39, 0.29) is 0 Å². The van der Waals surface area contributed by atoms with Gasteiger partial charge < -0.3 is 19.5 Å². The Balaban J connectivity index is 1.73. The lowest BCUT2D eigenvalue weighted by atomic mass is 9.78. The molecular weight excluding hydrogens is 311 g/mol. The van der Waals surface area contributed by atoms with E-state index in [1.807, 2.05) is 42.5 Å². The largest absolute Gasteiger partial charge is 0.491 e. The summed E-state index contributed by atoms with van der Waals surface area (Å²) in [5, 5.41) is 20.3. The van der Waals surface area contributed by atoms with Crippen molar-refractivity contribution in [2.24, 2.45) is 0 Å². The van der Waals surface area contributed by atoms with E-state index in [1.165, 1.54) is 0 Å². The number of ether oxygens (including phenoxy) is 1. The highest BCUT2D eigenvalue weighted by atomic mass is 32.2. The van der Waals surface area contributed by atoms with Crippen LogP contribution in [0.15, 0.2) is 47.4 Å². The average molecular weight is 330 g/mol. The van der Waals surface area contributed by atoms with E-state index in [0.29, 0.717) is 13.2 Å². The van der Waals surface area contributed by atoms with Crippen molar-refractivity contribution >= 4 is 24.3 Å². The topological polar surface area (TPSA) is 58.9 Å². The predicted octanol–water partition coefficient (Wildman–Crippen LogP) is 1.72. The summed E-state index contributed by atoms with van der Waals surface area (Å²) in [6.07, 6.45) is -0.717. The Morgan fingerprint density at radius 2 is 1.96 bits per heavy atom. The van der Waals surface area contributed by atoms with Gasteiger partial charge in [0.2, 0.25) is 0 Å². The van der Waals surface area contributed by atoms with Crippen LogP contribution in [-0.2, 0) is 16.0 Å². The number of fused-ring (bicyclic) bond motifs is 1. The van der Waals surface area contributed by atoms with E-state index in [2.05, 4.69) is 0 Å². The Bertz CT molecular complexity index is 662. The van der Waals surface area contributed by atoms with Crippen LogP contribution in [0.3, 0.4) is 0 Å². The molecule has 3 rings (SSSR count). The molecule has 0 saturated carbocycles. The molecule has 2 aromatic carbocycles. The van der Waals surface area contributed by atoms with Crippen LogP contribution in [0, 0.1) is 0 Å². The Morgan fingerprint density at radius 3 is 2.70 bits per heavy atom. The molecule has 0 aliphatic carbocycles. The summed E-state index contributed by atoms with van der Waals surface area (Å²) in [6, 6.07) is 13.5. The smallest absolute Gasteiger partial charge is 0.423 e. The van der Waals surface area contributed by atoms with Crippen molar-refractivity contribution in [2.75, 3.05) is 19.5 Å². The second-order valence-electron chi connectivity index (χ2n) is 5.43. The molecule has 2 N–H and O–H groups in total. The van der Waals surface area contributed by atoms with Crippen molar-refractivity contribution in [3.63, 3.8) is 0 Å². The highest BCUT2D eigenvalue weighted by molar-refractivity contribution is 7.99. The van der Waals surface area contributed by atoms with Gasteiger partial charge in [-0.05, 0) is 34.3 Å². The molecule has 4 nitrogen and oxygen atoms in total. The van der Waals surface area contributed by atoms with E-state index in [1.54, 1.807) is 18.9 Å². The minimum absolute atomic E-state index is 0.417. The van der Waals surface area contributed by atoms with E-state index >= 15 is 0 Å². The van der Waals surface area contributed by atoms with Gasteiger partial charge in [0.1, 0.15) is 6.10 Å². The number of hydrogen-bond donors (Lipinski definition) is 2. The van der Waals surface area contributed by atoms with Gasteiger partial charge in [-0.3, -0.25) is 0 Å². The highest BCUT2D eigenvalue weighted by Gasteiger charge is 2.28. The molecular formula is C17H19BO4S. The van der Waals surface area contributed by atoms with Gasteiger partial charge in [-0.15, -0.1) is 11.8 Å². The van der Waals surface area contributed by atoms with E-state index in [9.17, 15) is 10.1 Å². The number of aliphatic hydroxyl groups is 1. The van der Waals surface area contributed by atoms with Crippen LogP contribution in [0.25, 0.3) is 0 Å². The fourth-order valence-electron chi connectivity index (χ4n) is 2.58. The second-order valence-corrected chi connectivity index (χ2v) is 6.60. The molecule has 0 bridgehead atoms. The molecule has 1 unspecified atom stereocenters. The molecule has 0 radical (unpaired) electrons. The second kappa shape index (κ2) is 7.51. The zero-order chi connectivity index (χ0) is 16.2.